The molecule has 1 aromatic carbocycles. The van der Waals surface area contributed by atoms with E-state index in [9.17, 15) is 0 Å². The molecule has 2 aromatic rings. The Labute approximate surface area is 119 Å². The second-order valence-corrected chi connectivity index (χ2v) is 5.04. The van der Waals surface area contributed by atoms with Crippen LogP contribution in [0.2, 0.25) is 5.02 Å². The molecule has 4 heteroatoms. The summed E-state index contributed by atoms with van der Waals surface area (Å²) in [4.78, 5) is 0. The summed E-state index contributed by atoms with van der Waals surface area (Å²) in [7, 11) is 1.72. The molecule has 0 bridgehead atoms. The largest absolute Gasteiger partial charge is 0.383 e. The summed E-state index contributed by atoms with van der Waals surface area (Å²) in [5.74, 6) is 0. The Morgan fingerprint density at radius 1 is 1.21 bits per heavy atom. The smallest absolute Gasteiger partial charge is 0.0669 e. The molecule has 0 saturated carbocycles. The summed E-state index contributed by atoms with van der Waals surface area (Å²) in [6.45, 7) is 3.75. The van der Waals surface area contributed by atoms with Crippen LogP contribution in [0.25, 0.3) is 10.9 Å². The number of halogens is 1. The third-order valence-corrected chi connectivity index (χ3v) is 3.53. The van der Waals surface area contributed by atoms with Gasteiger partial charge < -0.3 is 14.6 Å². The van der Waals surface area contributed by atoms with Gasteiger partial charge in [-0.15, -0.1) is 0 Å². The molecule has 0 amide bonds. The predicted molar refractivity (Wildman–Crippen MR) is 80.9 cm³/mol. The molecule has 0 atom stereocenters. The number of methoxy groups -OCH3 is 1. The van der Waals surface area contributed by atoms with Gasteiger partial charge in [0.1, 0.15) is 0 Å². The van der Waals surface area contributed by atoms with E-state index in [1.165, 1.54) is 5.39 Å². The normalized spacial score (nSPS) is 11.3. The van der Waals surface area contributed by atoms with Crippen LogP contribution in [0.3, 0.4) is 0 Å². The number of nitrogens with one attached hydrogen (secondary N) is 1. The van der Waals surface area contributed by atoms with Gasteiger partial charge in [0.05, 0.1) is 17.1 Å². The first-order chi connectivity index (χ1) is 9.33. The third-order valence-electron chi connectivity index (χ3n) is 3.22. The number of benzene rings is 1. The van der Waals surface area contributed by atoms with E-state index in [-0.39, 0.29) is 0 Å². The van der Waals surface area contributed by atoms with Crippen molar-refractivity contribution in [3.05, 3.63) is 35.5 Å². The second kappa shape index (κ2) is 7.53. The monoisotopic (exact) mass is 280 g/mol. The van der Waals surface area contributed by atoms with Gasteiger partial charge in [0.2, 0.25) is 0 Å². The van der Waals surface area contributed by atoms with Gasteiger partial charge in [-0.2, -0.15) is 0 Å². The number of para-hydroxylation sites is 1. The van der Waals surface area contributed by atoms with Gasteiger partial charge >= 0.3 is 0 Å². The maximum Gasteiger partial charge on any atom is 0.0669 e. The number of rotatable bonds is 8. The molecule has 3 nitrogen and oxygen atoms in total. The minimum atomic E-state index is 0.776. The zero-order valence-corrected chi connectivity index (χ0v) is 12.1. The lowest BCUT2D eigenvalue weighted by molar-refractivity contribution is 0.199. The van der Waals surface area contributed by atoms with Crippen molar-refractivity contribution in [1.29, 1.82) is 0 Å². The molecular formula is C15H21ClN2O. The number of aromatic nitrogens is 1. The number of fused-ring (bicyclic) bond motifs is 1. The third kappa shape index (κ3) is 3.96. The van der Waals surface area contributed by atoms with Crippen molar-refractivity contribution in [2.24, 2.45) is 0 Å². The van der Waals surface area contributed by atoms with Crippen molar-refractivity contribution in [1.82, 2.24) is 9.88 Å². The lowest BCUT2D eigenvalue weighted by atomic mass is 10.2. The van der Waals surface area contributed by atoms with Gasteiger partial charge in [0.25, 0.3) is 0 Å². The Hall–Kier alpha value is -1.03. The fourth-order valence-corrected chi connectivity index (χ4v) is 2.52. The van der Waals surface area contributed by atoms with Crippen LogP contribution in [0.4, 0.5) is 0 Å². The van der Waals surface area contributed by atoms with E-state index in [0.29, 0.717) is 0 Å². The minimum absolute atomic E-state index is 0.776. The molecule has 0 unspecified atom stereocenters. The SMILES string of the molecule is COCCNCCCCn1ccc2cccc(Cl)c21. The summed E-state index contributed by atoms with van der Waals surface area (Å²) in [5.41, 5.74) is 1.15. The number of unbranched alkanes of at least 4 members (excludes halogenated alkanes) is 1. The molecule has 0 saturated heterocycles. The molecule has 19 heavy (non-hydrogen) atoms. The first-order valence-electron chi connectivity index (χ1n) is 6.76. The van der Waals surface area contributed by atoms with Gasteiger partial charge in [-0.3, -0.25) is 0 Å². The highest BCUT2D eigenvalue weighted by Crippen LogP contribution is 2.24. The average molecular weight is 281 g/mol. The quantitative estimate of drug-likeness (QED) is 0.751. The van der Waals surface area contributed by atoms with Gasteiger partial charge in [0.15, 0.2) is 0 Å². The van der Waals surface area contributed by atoms with E-state index in [4.69, 9.17) is 16.3 Å². The van der Waals surface area contributed by atoms with E-state index in [1.54, 1.807) is 7.11 Å². The maximum absolute atomic E-state index is 6.25. The highest BCUT2D eigenvalue weighted by molar-refractivity contribution is 6.35. The first kappa shape index (κ1) is 14.4. The molecule has 0 spiro atoms. The summed E-state index contributed by atoms with van der Waals surface area (Å²) >= 11 is 6.25. The van der Waals surface area contributed by atoms with E-state index in [1.807, 2.05) is 12.1 Å². The van der Waals surface area contributed by atoms with Crippen LogP contribution in [-0.2, 0) is 11.3 Å². The van der Waals surface area contributed by atoms with E-state index >= 15 is 0 Å². The molecule has 0 aliphatic heterocycles. The molecule has 0 aliphatic rings. The highest BCUT2D eigenvalue weighted by atomic mass is 35.5. The molecule has 0 fully saturated rings. The van der Waals surface area contributed by atoms with Crippen molar-refractivity contribution in [2.45, 2.75) is 19.4 Å². The fourth-order valence-electron chi connectivity index (χ4n) is 2.23. The Morgan fingerprint density at radius 3 is 2.95 bits per heavy atom. The maximum atomic E-state index is 6.25. The van der Waals surface area contributed by atoms with Crippen LogP contribution in [0.15, 0.2) is 30.5 Å². The van der Waals surface area contributed by atoms with Crippen molar-refractivity contribution in [3.63, 3.8) is 0 Å². The lowest BCUT2D eigenvalue weighted by Crippen LogP contribution is -2.20. The van der Waals surface area contributed by atoms with Crippen LogP contribution in [0.5, 0.6) is 0 Å². The van der Waals surface area contributed by atoms with Crippen LogP contribution in [-0.4, -0.2) is 31.4 Å². The standard InChI is InChI=1S/C15H21ClN2O/c1-19-12-9-17-8-2-3-10-18-11-7-13-5-4-6-14(16)15(13)18/h4-7,11,17H,2-3,8-10,12H2,1H3. The highest BCUT2D eigenvalue weighted by Gasteiger charge is 2.04. The Bertz CT molecular complexity index is 510. The zero-order valence-electron chi connectivity index (χ0n) is 11.4. The minimum Gasteiger partial charge on any atom is -0.383 e. The number of ether oxygens (including phenoxy) is 1. The number of aryl methyl sites for hydroxylation is 1. The number of hydrogen-bond donors (Lipinski definition) is 1. The second-order valence-electron chi connectivity index (χ2n) is 4.64. The van der Waals surface area contributed by atoms with E-state index < -0.39 is 0 Å². The molecule has 0 radical (unpaired) electrons. The Kier molecular flexibility index (Phi) is 5.70. The summed E-state index contributed by atoms with van der Waals surface area (Å²) in [5, 5.41) is 5.40. The molecule has 1 heterocycles. The van der Waals surface area contributed by atoms with Crippen LogP contribution in [0, 0.1) is 0 Å². The fraction of sp³-hybridized carbons (Fsp3) is 0.467. The van der Waals surface area contributed by atoms with Gasteiger partial charge in [-0.05, 0) is 31.5 Å². The molecule has 0 aliphatic carbocycles. The average Bonchev–Trinajstić information content (AvgIpc) is 2.82. The van der Waals surface area contributed by atoms with Crippen LogP contribution in [0.1, 0.15) is 12.8 Å². The summed E-state index contributed by atoms with van der Waals surface area (Å²) < 4.78 is 7.23. The zero-order chi connectivity index (χ0) is 13.5. The van der Waals surface area contributed by atoms with Crippen molar-refractivity contribution in [3.8, 4) is 0 Å². The lowest BCUT2D eigenvalue weighted by Gasteiger charge is -2.07. The van der Waals surface area contributed by atoms with Crippen molar-refractivity contribution in [2.75, 3.05) is 26.8 Å². The molecule has 2 rings (SSSR count). The van der Waals surface area contributed by atoms with Crippen LogP contribution < -0.4 is 5.32 Å². The van der Waals surface area contributed by atoms with Crippen LogP contribution >= 0.6 is 11.6 Å². The number of nitrogens with zero attached hydrogens (tertiary/aromatic N) is 1. The van der Waals surface area contributed by atoms with Gasteiger partial charge in [-0.25, -0.2) is 0 Å². The molecular weight excluding hydrogens is 260 g/mol. The summed E-state index contributed by atoms with van der Waals surface area (Å²) in [6.07, 6.45) is 4.43. The van der Waals surface area contributed by atoms with Gasteiger partial charge in [-0.1, -0.05) is 23.7 Å². The van der Waals surface area contributed by atoms with E-state index in [2.05, 4.69) is 28.2 Å². The Balaban J connectivity index is 1.79. The van der Waals surface area contributed by atoms with Crippen molar-refractivity contribution >= 4 is 22.5 Å². The number of hydrogen-bond acceptors (Lipinski definition) is 2. The van der Waals surface area contributed by atoms with E-state index in [0.717, 1.165) is 49.6 Å². The first-order valence-corrected chi connectivity index (χ1v) is 7.14. The topological polar surface area (TPSA) is 26.2 Å². The van der Waals surface area contributed by atoms with Gasteiger partial charge in [0, 0.05) is 31.8 Å². The molecule has 1 aromatic heterocycles. The molecule has 1 N–H and O–H groups in total. The Morgan fingerprint density at radius 2 is 2.11 bits per heavy atom. The van der Waals surface area contributed by atoms with Crippen molar-refractivity contribution < 1.29 is 4.74 Å². The summed E-state index contributed by atoms with van der Waals surface area (Å²) in [6, 6.07) is 8.17. The molecule has 104 valence electrons. The predicted octanol–water partition coefficient (Wildman–Crippen LogP) is 3.31.